The van der Waals surface area contributed by atoms with Crippen molar-refractivity contribution in [2.45, 2.75) is 45.2 Å². The Balaban J connectivity index is 0.962. The van der Waals surface area contributed by atoms with Crippen LogP contribution in [0.4, 0.5) is 36.8 Å². The van der Waals surface area contributed by atoms with Gasteiger partial charge in [-0.1, -0.05) is 41.5 Å². The van der Waals surface area contributed by atoms with Crippen LogP contribution in [0.15, 0.2) is 72.8 Å². The van der Waals surface area contributed by atoms with Crippen LogP contribution in [0.5, 0.6) is 5.75 Å². The smallest absolute Gasteiger partial charge is 0.355 e. The lowest BCUT2D eigenvalue weighted by atomic mass is 10.1. The molecule has 6 rings (SSSR count). The number of rotatable bonds is 21. The van der Waals surface area contributed by atoms with Crippen LogP contribution in [-0.4, -0.2) is 101 Å². The van der Waals surface area contributed by atoms with Gasteiger partial charge in [-0.05, 0) is 92.6 Å². The van der Waals surface area contributed by atoms with E-state index in [-0.39, 0.29) is 30.5 Å². The van der Waals surface area contributed by atoms with E-state index in [1.807, 2.05) is 63.5 Å². The third kappa shape index (κ3) is 13.4. The maximum Gasteiger partial charge on any atom is 0.355 e. The molecule has 0 saturated carbocycles. The van der Waals surface area contributed by atoms with Gasteiger partial charge in [0, 0.05) is 35.3 Å². The Morgan fingerprint density at radius 3 is 2.52 bits per heavy atom. The zero-order chi connectivity index (χ0) is 46.5. The van der Waals surface area contributed by atoms with Crippen LogP contribution >= 0.6 is 22.7 Å². The molecule has 1 atom stereocenters. The second-order valence-electron chi connectivity index (χ2n) is 15.6. The summed E-state index contributed by atoms with van der Waals surface area (Å²) in [7, 11) is 5.79. The topological polar surface area (TPSA) is 227 Å². The van der Waals surface area contributed by atoms with Gasteiger partial charge in [0.25, 0.3) is 0 Å². The molecule has 0 aliphatic carbocycles. The first kappa shape index (κ1) is 47.3. The van der Waals surface area contributed by atoms with Gasteiger partial charge in [0.2, 0.25) is 12.3 Å². The van der Waals surface area contributed by atoms with Crippen molar-refractivity contribution in [3.8, 4) is 17.6 Å². The number of aryl methyl sites for hydroxylation is 2. The first-order chi connectivity index (χ1) is 31.2. The number of nitrogens with one attached hydrogen (secondary N) is 4. The number of carbonyl (C=O) groups is 4. The fraction of sp³-hybridized carbons (Fsp3) is 0.289. The highest BCUT2D eigenvalue weighted by molar-refractivity contribution is 7.22. The fourth-order valence-electron chi connectivity index (χ4n) is 6.53. The molecule has 1 unspecified atom stereocenters. The third-order valence-corrected chi connectivity index (χ3v) is 12.0. The number of quaternary nitrogens is 1. The normalized spacial score (nSPS) is 11.5. The summed E-state index contributed by atoms with van der Waals surface area (Å²) in [5.74, 6) is 5.20. The number of thiazole rings is 2. The van der Waals surface area contributed by atoms with Gasteiger partial charge in [0.15, 0.2) is 39.2 Å². The van der Waals surface area contributed by atoms with E-state index < -0.39 is 23.9 Å². The number of para-hydroxylation sites is 1. The lowest BCUT2D eigenvalue weighted by molar-refractivity contribution is -0.896. The zero-order valence-electron chi connectivity index (χ0n) is 36.2. The molecule has 0 aliphatic rings. The molecule has 3 aromatic heterocycles. The van der Waals surface area contributed by atoms with E-state index in [1.165, 1.54) is 34.8 Å². The molecule has 338 valence electrons. The number of halogens is 1. The summed E-state index contributed by atoms with van der Waals surface area (Å²) in [5, 5.41) is 30.8. The molecule has 0 bridgehead atoms. The van der Waals surface area contributed by atoms with Crippen LogP contribution in [0.1, 0.15) is 51.3 Å². The van der Waals surface area contributed by atoms with Gasteiger partial charge in [-0.15, -0.1) is 21.5 Å². The van der Waals surface area contributed by atoms with Gasteiger partial charge in [-0.25, -0.2) is 23.9 Å². The van der Waals surface area contributed by atoms with Crippen molar-refractivity contribution in [2.75, 3.05) is 56.4 Å². The third-order valence-electron chi connectivity index (χ3n) is 9.87. The predicted molar refractivity (Wildman–Crippen MR) is 249 cm³/mol. The number of aromatic carboxylic acids is 1. The number of anilines is 5. The maximum absolute atomic E-state index is 15.1. The molecule has 17 nitrogen and oxygen atoms in total. The number of carbonyl (C=O) groups excluding carboxylic acids is 3. The first-order valence-corrected chi connectivity index (χ1v) is 22.1. The number of benzene rings is 3. The average molecular weight is 923 g/mol. The molecule has 7 N–H and O–H groups in total. The minimum Gasteiger partial charge on any atom is -0.491 e. The highest BCUT2D eigenvalue weighted by Crippen LogP contribution is 2.33. The summed E-state index contributed by atoms with van der Waals surface area (Å²) in [4.78, 5) is 58.0. The number of carboxylic acid groups (broad SMARTS) is 1. The standard InChI is InChI=1S/C45H48FN11O6S2/c1-28-24-38(54-55-40(28)53-44-51-33-11-5-6-13-36(33)64-44)56(2)45-52-39(42(60)61)37(65-45)14-9-23-63-35-20-17-29(25-32(35)46)10-8-22-57(3,4)26-30-15-18-31(19-16-30)50-41(59)34(49-27-58)12-7-21-48-43(47)62/h5-6,11,13,15-20,24-25,27,34H,7,9,12,14,21-23,26H2,1-4H3,(H6-,47,48,49,50,51,53,55,58,59,60,61,62)/p+1. The zero-order valence-corrected chi connectivity index (χ0v) is 37.8. The number of aromatic nitrogens is 4. The highest BCUT2D eigenvalue weighted by Gasteiger charge is 2.22. The summed E-state index contributed by atoms with van der Waals surface area (Å²) < 4.78 is 22.4. The van der Waals surface area contributed by atoms with E-state index in [9.17, 15) is 24.3 Å². The molecule has 4 amide bonds. The van der Waals surface area contributed by atoms with Crippen LogP contribution in [-0.2, 0) is 22.6 Å². The molecule has 0 radical (unpaired) electrons. The van der Waals surface area contributed by atoms with Crippen molar-refractivity contribution in [1.82, 2.24) is 30.8 Å². The van der Waals surface area contributed by atoms with E-state index in [0.29, 0.717) is 87.7 Å². The maximum atomic E-state index is 15.1. The summed E-state index contributed by atoms with van der Waals surface area (Å²) >= 11 is 2.75. The molecule has 65 heavy (non-hydrogen) atoms. The van der Waals surface area contributed by atoms with Gasteiger partial charge in [0.1, 0.15) is 19.1 Å². The van der Waals surface area contributed by atoms with Gasteiger partial charge < -0.3 is 46.2 Å². The molecule has 0 saturated heterocycles. The second kappa shape index (κ2) is 21.9. The SMILES string of the molecule is Cc1cc(N(C)c2nc(C(=O)O)c(CCCOc3ccc(C#CC[N+](C)(C)Cc4ccc(NC(=O)C(CCCNC(N)=O)NC=O)cc4)cc3F)s2)nnc1Nc1nc2ccccc2s1. The molecule has 20 heteroatoms. The number of nitrogens with two attached hydrogens (primary N) is 1. The van der Waals surface area contributed by atoms with Crippen LogP contribution in [0.2, 0.25) is 0 Å². The van der Waals surface area contributed by atoms with Crippen molar-refractivity contribution in [3.05, 3.63) is 106 Å². The van der Waals surface area contributed by atoms with Crippen molar-refractivity contribution >= 4 is 84.8 Å². The van der Waals surface area contributed by atoms with Crippen molar-refractivity contribution in [3.63, 3.8) is 0 Å². The fourth-order valence-corrected chi connectivity index (χ4v) is 8.46. The number of primary amides is 1. The number of carboxylic acids is 1. The largest absolute Gasteiger partial charge is 0.491 e. The lowest BCUT2D eigenvalue weighted by Crippen LogP contribution is -2.40. The van der Waals surface area contributed by atoms with E-state index in [2.05, 4.69) is 53.3 Å². The molecule has 0 fully saturated rings. The van der Waals surface area contributed by atoms with E-state index >= 15 is 4.39 Å². The number of fused-ring (bicyclic) bond motifs is 1. The summed E-state index contributed by atoms with van der Waals surface area (Å²) in [5.41, 5.74) is 8.78. The molecule has 3 heterocycles. The van der Waals surface area contributed by atoms with Crippen molar-refractivity contribution in [2.24, 2.45) is 5.73 Å². The van der Waals surface area contributed by atoms with Crippen molar-refractivity contribution in [1.29, 1.82) is 0 Å². The number of ether oxygens (including phenoxy) is 1. The number of amides is 4. The molecule has 0 spiro atoms. The molecule has 0 aliphatic heterocycles. The second-order valence-corrected chi connectivity index (χ2v) is 17.7. The monoisotopic (exact) mass is 922 g/mol. The van der Waals surface area contributed by atoms with Crippen LogP contribution in [0, 0.1) is 24.6 Å². The molecular formula is C45H49FN11O6S2+. The Morgan fingerprint density at radius 2 is 1.82 bits per heavy atom. The Labute approximate surface area is 382 Å². The minimum absolute atomic E-state index is 0.0598. The van der Waals surface area contributed by atoms with Crippen LogP contribution in [0.25, 0.3) is 10.2 Å². The Kier molecular flexibility index (Phi) is 15.9. The molecule has 6 aromatic rings. The molecule has 3 aromatic carbocycles. The number of urea groups is 1. The highest BCUT2D eigenvalue weighted by atomic mass is 32.1. The van der Waals surface area contributed by atoms with Crippen molar-refractivity contribution < 1.29 is 37.9 Å². The summed E-state index contributed by atoms with van der Waals surface area (Å²) in [6, 6.07) is 20.2. The van der Waals surface area contributed by atoms with E-state index in [0.717, 1.165) is 21.3 Å². The van der Waals surface area contributed by atoms with Gasteiger partial charge >= 0.3 is 12.0 Å². The van der Waals surface area contributed by atoms with E-state index in [4.69, 9.17) is 10.5 Å². The number of hydrogen-bond acceptors (Lipinski definition) is 13. The number of hydrogen-bond donors (Lipinski definition) is 6. The van der Waals surface area contributed by atoms with Gasteiger partial charge in [0.05, 0.1) is 30.9 Å². The van der Waals surface area contributed by atoms with Gasteiger partial charge in [-0.3, -0.25) is 9.59 Å². The summed E-state index contributed by atoms with van der Waals surface area (Å²) in [6.07, 6.45) is 1.99. The lowest BCUT2D eigenvalue weighted by Gasteiger charge is -2.27. The minimum atomic E-state index is -1.15. The van der Waals surface area contributed by atoms with Crippen LogP contribution in [0.3, 0.4) is 0 Å². The quantitative estimate of drug-likeness (QED) is 0.0201. The molecular weight excluding hydrogens is 874 g/mol. The Morgan fingerprint density at radius 1 is 1.03 bits per heavy atom. The van der Waals surface area contributed by atoms with E-state index in [1.54, 1.807) is 30.1 Å². The number of nitrogens with zero attached hydrogens (tertiary/aromatic N) is 6. The Hall–Kier alpha value is -7.21. The summed E-state index contributed by atoms with van der Waals surface area (Å²) in [6.45, 7) is 3.43. The predicted octanol–water partition coefficient (Wildman–Crippen LogP) is 6.34. The van der Waals surface area contributed by atoms with Crippen LogP contribution < -0.4 is 36.6 Å². The average Bonchev–Trinajstić information content (AvgIpc) is 3.89. The first-order valence-electron chi connectivity index (χ1n) is 20.5. The Bertz CT molecular complexity index is 2680. The van der Waals surface area contributed by atoms with Gasteiger partial charge in [-0.2, -0.15) is 0 Å².